The predicted octanol–water partition coefficient (Wildman–Crippen LogP) is 1.34. The molecule has 26 heavy (non-hydrogen) atoms. The standard InChI is InChI=1S/C19H24N2O5/c20-17(22)9-12-5-7-14(8-6-12)26-11-18(23)21-15-4-2-1-3-13(15)10-16(21)19(24)25/h5-8,13,15-16H,1-4,9-11H2,(H2,20,22)(H,24,25)/t13-,15+,16+/m1/s1. The third-order valence-electron chi connectivity index (χ3n) is 5.33. The number of carbonyl (C=O) groups excluding carboxylic acids is 2. The van der Waals surface area contributed by atoms with Crippen LogP contribution >= 0.6 is 0 Å². The summed E-state index contributed by atoms with van der Waals surface area (Å²) in [6.45, 7) is -0.192. The van der Waals surface area contributed by atoms with Crippen molar-refractivity contribution in [2.24, 2.45) is 11.7 Å². The molecule has 1 aromatic carbocycles. The van der Waals surface area contributed by atoms with Crippen molar-refractivity contribution >= 4 is 17.8 Å². The third kappa shape index (κ3) is 3.98. The highest BCUT2D eigenvalue weighted by Crippen LogP contribution is 2.39. The first-order valence-corrected chi connectivity index (χ1v) is 8.99. The fourth-order valence-electron chi connectivity index (χ4n) is 4.16. The molecule has 1 saturated heterocycles. The Balaban J connectivity index is 1.62. The van der Waals surface area contributed by atoms with E-state index in [2.05, 4.69) is 0 Å². The van der Waals surface area contributed by atoms with Crippen molar-refractivity contribution in [1.82, 2.24) is 4.90 Å². The van der Waals surface area contributed by atoms with E-state index in [1.54, 1.807) is 24.3 Å². The predicted molar refractivity (Wildman–Crippen MR) is 93.5 cm³/mol. The van der Waals surface area contributed by atoms with E-state index in [1.807, 2.05) is 0 Å². The van der Waals surface area contributed by atoms with Crippen molar-refractivity contribution in [2.45, 2.75) is 50.6 Å². The fourth-order valence-corrected chi connectivity index (χ4v) is 4.16. The van der Waals surface area contributed by atoms with Gasteiger partial charge in [-0.25, -0.2) is 4.79 Å². The lowest BCUT2D eigenvalue weighted by atomic mass is 9.85. The molecule has 1 aromatic rings. The number of carboxylic acid groups (broad SMARTS) is 1. The van der Waals surface area contributed by atoms with Gasteiger partial charge in [0.05, 0.1) is 6.42 Å². The first-order chi connectivity index (χ1) is 12.5. The number of fused-ring (bicyclic) bond motifs is 1. The van der Waals surface area contributed by atoms with Crippen molar-refractivity contribution in [3.05, 3.63) is 29.8 Å². The number of nitrogens with zero attached hydrogens (tertiary/aromatic N) is 1. The minimum absolute atomic E-state index is 0.0129. The molecule has 7 heteroatoms. The molecule has 0 aromatic heterocycles. The van der Waals surface area contributed by atoms with Gasteiger partial charge in [-0.1, -0.05) is 25.0 Å². The molecule has 0 bridgehead atoms. The Hall–Kier alpha value is -2.57. The van der Waals surface area contributed by atoms with E-state index in [0.29, 0.717) is 12.2 Å². The zero-order valence-corrected chi connectivity index (χ0v) is 14.6. The first-order valence-electron chi connectivity index (χ1n) is 8.99. The van der Waals surface area contributed by atoms with Gasteiger partial charge in [0.1, 0.15) is 11.8 Å². The van der Waals surface area contributed by atoms with Crippen LogP contribution in [0.5, 0.6) is 5.75 Å². The molecule has 3 rings (SSSR count). The zero-order chi connectivity index (χ0) is 18.7. The fraction of sp³-hybridized carbons (Fsp3) is 0.526. The van der Waals surface area contributed by atoms with Gasteiger partial charge in [-0.2, -0.15) is 0 Å². The number of benzene rings is 1. The van der Waals surface area contributed by atoms with E-state index < -0.39 is 17.9 Å². The average Bonchev–Trinajstić information content (AvgIpc) is 3.00. The molecule has 1 aliphatic heterocycles. The molecule has 140 valence electrons. The topological polar surface area (TPSA) is 110 Å². The highest BCUT2D eigenvalue weighted by Gasteiger charge is 2.47. The largest absolute Gasteiger partial charge is 0.484 e. The molecule has 0 spiro atoms. The maximum atomic E-state index is 12.7. The molecule has 2 aliphatic rings. The van der Waals surface area contributed by atoms with E-state index in [1.165, 1.54) is 4.90 Å². The van der Waals surface area contributed by atoms with Crippen LogP contribution in [0.1, 0.15) is 37.7 Å². The number of nitrogens with two attached hydrogens (primary N) is 1. The van der Waals surface area contributed by atoms with Crippen LogP contribution in [0.3, 0.4) is 0 Å². The summed E-state index contributed by atoms with van der Waals surface area (Å²) >= 11 is 0. The first kappa shape index (κ1) is 18.2. The number of hydrogen-bond donors (Lipinski definition) is 2. The Morgan fingerprint density at radius 1 is 1.15 bits per heavy atom. The summed E-state index contributed by atoms with van der Waals surface area (Å²) in [6.07, 6.45) is 4.66. The summed E-state index contributed by atoms with van der Waals surface area (Å²) in [7, 11) is 0. The molecule has 1 heterocycles. The Morgan fingerprint density at radius 2 is 1.85 bits per heavy atom. The second-order valence-corrected chi connectivity index (χ2v) is 7.08. The molecule has 0 radical (unpaired) electrons. The maximum Gasteiger partial charge on any atom is 0.326 e. The summed E-state index contributed by atoms with van der Waals surface area (Å²) in [5.74, 6) is -0.860. The van der Waals surface area contributed by atoms with E-state index >= 15 is 0 Å². The highest BCUT2D eigenvalue weighted by molar-refractivity contribution is 5.85. The summed E-state index contributed by atoms with van der Waals surface area (Å²) in [4.78, 5) is 36.7. The third-order valence-corrected chi connectivity index (χ3v) is 5.33. The molecule has 0 unspecified atom stereocenters. The number of rotatable bonds is 6. The van der Waals surface area contributed by atoms with Gasteiger partial charge in [0.2, 0.25) is 5.91 Å². The highest BCUT2D eigenvalue weighted by atomic mass is 16.5. The van der Waals surface area contributed by atoms with Crippen molar-refractivity contribution in [3.63, 3.8) is 0 Å². The minimum atomic E-state index is -0.941. The number of ether oxygens (including phenoxy) is 1. The smallest absolute Gasteiger partial charge is 0.326 e. The number of likely N-dealkylation sites (tertiary alicyclic amines) is 1. The Labute approximate surface area is 152 Å². The monoisotopic (exact) mass is 360 g/mol. The van der Waals surface area contributed by atoms with E-state index in [9.17, 15) is 19.5 Å². The maximum absolute atomic E-state index is 12.7. The van der Waals surface area contributed by atoms with E-state index in [-0.39, 0.29) is 30.9 Å². The van der Waals surface area contributed by atoms with Gasteiger partial charge in [-0.3, -0.25) is 9.59 Å². The van der Waals surface area contributed by atoms with Gasteiger partial charge in [0.25, 0.3) is 5.91 Å². The van der Waals surface area contributed by atoms with Crippen molar-refractivity contribution in [2.75, 3.05) is 6.61 Å². The second-order valence-electron chi connectivity index (χ2n) is 7.08. The van der Waals surface area contributed by atoms with Crippen LogP contribution in [0.25, 0.3) is 0 Å². The number of carbonyl (C=O) groups is 3. The lowest BCUT2D eigenvalue weighted by molar-refractivity contribution is -0.150. The van der Waals surface area contributed by atoms with Crippen molar-refractivity contribution < 1.29 is 24.2 Å². The summed E-state index contributed by atoms with van der Waals surface area (Å²) < 4.78 is 5.55. The number of amides is 2. The molecular formula is C19H24N2O5. The van der Waals surface area contributed by atoms with Crippen LogP contribution < -0.4 is 10.5 Å². The van der Waals surface area contributed by atoms with Gasteiger partial charge < -0.3 is 20.5 Å². The Bertz CT molecular complexity index is 688. The number of hydrogen-bond acceptors (Lipinski definition) is 4. The zero-order valence-electron chi connectivity index (χ0n) is 14.6. The van der Waals surface area contributed by atoms with E-state index in [0.717, 1.165) is 31.2 Å². The quantitative estimate of drug-likeness (QED) is 0.795. The van der Waals surface area contributed by atoms with Crippen LogP contribution in [-0.4, -0.2) is 46.5 Å². The summed E-state index contributed by atoms with van der Waals surface area (Å²) in [6, 6.07) is 6.05. The van der Waals surface area contributed by atoms with Crippen LogP contribution in [0, 0.1) is 5.92 Å². The summed E-state index contributed by atoms with van der Waals surface area (Å²) in [5, 5.41) is 9.49. The molecule has 2 amide bonds. The molecule has 3 atom stereocenters. The van der Waals surface area contributed by atoms with Gasteiger partial charge >= 0.3 is 5.97 Å². The molecule has 3 N–H and O–H groups in total. The molecule has 1 aliphatic carbocycles. The van der Waals surface area contributed by atoms with Crippen LogP contribution in [-0.2, 0) is 20.8 Å². The van der Waals surface area contributed by atoms with Gasteiger partial charge in [0, 0.05) is 6.04 Å². The van der Waals surface area contributed by atoms with Crippen LogP contribution in [0.2, 0.25) is 0 Å². The molecular weight excluding hydrogens is 336 g/mol. The lowest BCUT2D eigenvalue weighted by Crippen LogP contribution is -2.48. The number of carboxylic acids is 1. The minimum Gasteiger partial charge on any atom is -0.484 e. The van der Waals surface area contributed by atoms with Crippen LogP contribution in [0.4, 0.5) is 0 Å². The molecule has 2 fully saturated rings. The average molecular weight is 360 g/mol. The number of primary amides is 1. The molecule has 7 nitrogen and oxygen atoms in total. The van der Waals surface area contributed by atoms with Crippen molar-refractivity contribution in [1.29, 1.82) is 0 Å². The van der Waals surface area contributed by atoms with Gasteiger partial charge in [0.15, 0.2) is 6.61 Å². The van der Waals surface area contributed by atoms with Crippen molar-refractivity contribution in [3.8, 4) is 5.75 Å². The summed E-state index contributed by atoms with van der Waals surface area (Å²) in [5.41, 5.74) is 5.92. The second kappa shape index (κ2) is 7.76. The van der Waals surface area contributed by atoms with Gasteiger partial charge in [-0.15, -0.1) is 0 Å². The SMILES string of the molecule is NC(=O)Cc1ccc(OCC(=O)N2[C@H](C(=O)O)C[C@H]3CCCC[C@@H]32)cc1. The van der Waals surface area contributed by atoms with E-state index in [4.69, 9.17) is 10.5 Å². The molecule has 1 saturated carbocycles. The lowest BCUT2D eigenvalue weighted by Gasteiger charge is -2.32. The Kier molecular flexibility index (Phi) is 5.44. The Morgan fingerprint density at radius 3 is 2.50 bits per heavy atom. The van der Waals surface area contributed by atoms with Crippen LogP contribution in [0.15, 0.2) is 24.3 Å². The normalized spacial score (nSPS) is 24.8. The number of aliphatic carboxylic acids is 1. The van der Waals surface area contributed by atoms with Gasteiger partial charge in [-0.05, 0) is 42.9 Å².